The minimum atomic E-state index is -0.769. The van der Waals surface area contributed by atoms with Crippen LogP contribution >= 0.6 is 0 Å². The van der Waals surface area contributed by atoms with E-state index in [1.807, 2.05) is 0 Å². The topological polar surface area (TPSA) is 83.6 Å². The van der Waals surface area contributed by atoms with Crippen LogP contribution in [0, 0.1) is 0 Å². The van der Waals surface area contributed by atoms with Gasteiger partial charge in [-0.3, -0.25) is 4.79 Å². The van der Waals surface area contributed by atoms with Crippen LogP contribution in [0.1, 0.15) is 26.2 Å². The van der Waals surface area contributed by atoms with E-state index in [1.165, 1.54) is 18.2 Å². The summed E-state index contributed by atoms with van der Waals surface area (Å²) in [5.41, 5.74) is 4.47. The number of nitrogens with zero attached hydrogens (tertiary/aromatic N) is 1. The monoisotopic (exact) mass is 188 g/mol. The Morgan fingerprint density at radius 3 is 1.85 bits per heavy atom. The molecule has 1 fully saturated rings. The summed E-state index contributed by atoms with van der Waals surface area (Å²) in [6.07, 6.45) is 2.48. The first-order valence-electron chi connectivity index (χ1n) is 4.28. The van der Waals surface area contributed by atoms with Gasteiger partial charge in [0, 0.05) is 20.0 Å². The van der Waals surface area contributed by atoms with Crippen molar-refractivity contribution in [3.63, 3.8) is 0 Å². The van der Waals surface area contributed by atoms with Gasteiger partial charge in [-0.2, -0.15) is 0 Å². The van der Waals surface area contributed by atoms with Crippen LogP contribution in [0.4, 0.5) is 4.79 Å². The molecule has 0 radical (unpaired) electrons. The Labute approximate surface area is 77.5 Å². The number of rotatable bonds is 0. The lowest BCUT2D eigenvalue weighted by Crippen LogP contribution is -2.34. The van der Waals surface area contributed by atoms with Crippen molar-refractivity contribution in [2.75, 3.05) is 13.1 Å². The highest BCUT2D eigenvalue weighted by Crippen LogP contribution is 2.07. The van der Waals surface area contributed by atoms with E-state index in [0.717, 1.165) is 25.9 Å². The van der Waals surface area contributed by atoms with Crippen molar-refractivity contribution in [1.29, 1.82) is 0 Å². The third-order valence-corrected chi connectivity index (χ3v) is 1.63. The number of carbonyl (C=O) groups is 2. The predicted octanol–water partition coefficient (Wildman–Crippen LogP) is 0.642. The zero-order chi connectivity index (χ0) is 10.3. The third-order valence-electron chi connectivity index (χ3n) is 1.63. The lowest BCUT2D eigenvalue weighted by Gasteiger charge is -2.22. The minimum absolute atomic E-state index is 0.333. The molecule has 5 heteroatoms. The van der Waals surface area contributed by atoms with E-state index in [1.54, 1.807) is 0 Å². The number of carboxylic acid groups (broad SMARTS) is 1. The normalized spacial score (nSPS) is 15.6. The van der Waals surface area contributed by atoms with E-state index in [0.29, 0.717) is 0 Å². The highest BCUT2D eigenvalue weighted by Gasteiger charge is 2.13. The number of hydrogen-bond donors (Lipinski definition) is 2. The molecular weight excluding hydrogens is 172 g/mol. The predicted molar refractivity (Wildman–Crippen MR) is 48.3 cm³/mol. The summed E-state index contributed by atoms with van der Waals surface area (Å²) in [6.45, 7) is 2.77. The maximum absolute atomic E-state index is 10.3. The van der Waals surface area contributed by atoms with Gasteiger partial charge in [0.25, 0.3) is 0 Å². The van der Waals surface area contributed by atoms with Crippen LogP contribution in [0.25, 0.3) is 0 Å². The molecule has 0 aromatic carbocycles. The highest BCUT2D eigenvalue weighted by molar-refractivity contribution is 5.70. The molecule has 0 aliphatic carbocycles. The molecule has 76 valence electrons. The van der Waals surface area contributed by atoms with Gasteiger partial charge in [0.05, 0.1) is 0 Å². The third kappa shape index (κ3) is 7.11. The summed E-state index contributed by atoms with van der Waals surface area (Å²) in [6, 6.07) is 0. The summed E-state index contributed by atoms with van der Waals surface area (Å²) in [5.74, 6) is -0.333. The van der Waals surface area contributed by atoms with Gasteiger partial charge >= 0.3 is 6.09 Å². The van der Waals surface area contributed by atoms with E-state index in [9.17, 15) is 9.59 Å². The Morgan fingerprint density at radius 2 is 1.62 bits per heavy atom. The number of nitrogens with two attached hydrogens (primary N) is 1. The van der Waals surface area contributed by atoms with Crippen LogP contribution in [-0.2, 0) is 4.79 Å². The number of primary amides is 1. The molecule has 1 heterocycles. The molecule has 0 saturated carbocycles. The molecule has 1 aliphatic rings. The summed E-state index contributed by atoms with van der Waals surface area (Å²) < 4.78 is 0. The maximum Gasteiger partial charge on any atom is 0.407 e. The van der Waals surface area contributed by atoms with Crippen molar-refractivity contribution < 1.29 is 14.7 Å². The molecule has 0 aromatic heterocycles. The minimum Gasteiger partial charge on any atom is -0.465 e. The lowest BCUT2D eigenvalue weighted by atomic mass is 10.1. The molecule has 0 aromatic rings. The zero-order valence-corrected chi connectivity index (χ0v) is 7.82. The van der Waals surface area contributed by atoms with Crippen LogP contribution in [0.15, 0.2) is 0 Å². The second-order valence-corrected chi connectivity index (χ2v) is 2.94. The van der Waals surface area contributed by atoms with E-state index >= 15 is 0 Å². The average Bonchev–Trinajstić information content (AvgIpc) is 2.05. The van der Waals surface area contributed by atoms with E-state index in [4.69, 9.17) is 5.11 Å². The van der Waals surface area contributed by atoms with Crippen LogP contribution in [0.5, 0.6) is 0 Å². The van der Waals surface area contributed by atoms with Gasteiger partial charge < -0.3 is 15.7 Å². The molecule has 13 heavy (non-hydrogen) atoms. The molecule has 0 spiro atoms. The fraction of sp³-hybridized carbons (Fsp3) is 0.750. The number of amides is 2. The van der Waals surface area contributed by atoms with Gasteiger partial charge in [0.15, 0.2) is 0 Å². The van der Waals surface area contributed by atoms with Gasteiger partial charge in [-0.1, -0.05) is 0 Å². The summed E-state index contributed by atoms with van der Waals surface area (Å²) in [4.78, 5) is 21.0. The second kappa shape index (κ2) is 6.28. The fourth-order valence-corrected chi connectivity index (χ4v) is 1.09. The first-order valence-corrected chi connectivity index (χ1v) is 4.28. The fourth-order valence-electron chi connectivity index (χ4n) is 1.09. The quantitative estimate of drug-likeness (QED) is 0.585. The Balaban J connectivity index is 0.000000310. The summed E-state index contributed by atoms with van der Waals surface area (Å²) in [5, 5.41) is 8.46. The van der Waals surface area contributed by atoms with Gasteiger partial charge in [-0.25, -0.2) is 4.79 Å². The molecular formula is C8H16N2O3. The van der Waals surface area contributed by atoms with Crippen LogP contribution in [-0.4, -0.2) is 35.1 Å². The lowest BCUT2D eigenvalue weighted by molar-refractivity contribution is -0.115. The SMILES string of the molecule is CC(N)=O.O=C(O)N1CCCCC1. The van der Waals surface area contributed by atoms with Crippen molar-refractivity contribution in [1.82, 2.24) is 4.90 Å². The number of piperidine rings is 1. The van der Waals surface area contributed by atoms with Crippen LogP contribution in [0.2, 0.25) is 0 Å². The average molecular weight is 188 g/mol. The molecule has 0 bridgehead atoms. The Hall–Kier alpha value is -1.26. The van der Waals surface area contributed by atoms with E-state index < -0.39 is 6.09 Å². The van der Waals surface area contributed by atoms with Crippen molar-refractivity contribution in [2.24, 2.45) is 5.73 Å². The van der Waals surface area contributed by atoms with Gasteiger partial charge in [0.1, 0.15) is 0 Å². The number of likely N-dealkylation sites (tertiary alicyclic amines) is 1. The number of carbonyl (C=O) groups excluding carboxylic acids is 1. The number of hydrogen-bond acceptors (Lipinski definition) is 2. The van der Waals surface area contributed by atoms with Crippen molar-refractivity contribution in [3.8, 4) is 0 Å². The summed E-state index contributed by atoms with van der Waals surface area (Å²) >= 11 is 0. The van der Waals surface area contributed by atoms with Gasteiger partial charge in [-0.15, -0.1) is 0 Å². The molecule has 1 aliphatic heterocycles. The van der Waals surface area contributed by atoms with Crippen LogP contribution in [0.3, 0.4) is 0 Å². The Morgan fingerprint density at radius 1 is 1.23 bits per heavy atom. The molecule has 5 nitrogen and oxygen atoms in total. The van der Waals surface area contributed by atoms with Gasteiger partial charge in [-0.05, 0) is 19.3 Å². The van der Waals surface area contributed by atoms with Crippen molar-refractivity contribution in [3.05, 3.63) is 0 Å². The molecule has 1 saturated heterocycles. The largest absolute Gasteiger partial charge is 0.465 e. The standard InChI is InChI=1S/C6H11NO2.C2H5NO/c8-6(9)7-4-2-1-3-5-7;1-2(3)4/h1-5H2,(H,8,9);1H3,(H2,3,4). The Kier molecular flexibility index (Phi) is 5.67. The second-order valence-electron chi connectivity index (χ2n) is 2.94. The maximum atomic E-state index is 10.3. The summed E-state index contributed by atoms with van der Waals surface area (Å²) in [7, 11) is 0. The smallest absolute Gasteiger partial charge is 0.407 e. The first-order chi connectivity index (χ1) is 6.04. The molecule has 2 amide bonds. The van der Waals surface area contributed by atoms with Crippen molar-refractivity contribution >= 4 is 12.0 Å². The zero-order valence-electron chi connectivity index (χ0n) is 7.82. The van der Waals surface area contributed by atoms with Gasteiger partial charge in [0.2, 0.25) is 5.91 Å². The van der Waals surface area contributed by atoms with E-state index in [2.05, 4.69) is 5.73 Å². The van der Waals surface area contributed by atoms with Crippen LogP contribution < -0.4 is 5.73 Å². The highest BCUT2D eigenvalue weighted by atomic mass is 16.4. The van der Waals surface area contributed by atoms with Crippen molar-refractivity contribution in [2.45, 2.75) is 26.2 Å². The first kappa shape index (κ1) is 11.7. The Bertz CT molecular complexity index is 172. The molecule has 3 N–H and O–H groups in total. The molecule has 0 unspecified atom stereocenters. The van der Waals surface area contributed by atoms with E-state index in [-0.39, 0.29) is 5.91 Å². The molecule has 1 rings (SSSR count). The molecule has 0 atom stereocenters.